The number of ether oxygens (including phenoxy) is 1. The van der Waals surface area contributed by atoms with Gasteiger partial charge < -0.3 is 9.64 Å². The van der Waals surface area contributed by atoms with Crippen molar-refractivity contribution in [2.45, 2.75) is 6.92 Å². The maximum absolute atomic E-state index is 5.55. The van der Waals surface area contributed by atoms with Crippen molar-refractivity contribution >= 4 is 18.3 Å². The summed E-state index contributed by atoms with van der Waals surface area (Å²) in [5, 5.41) is 0. The van der Waals surface area contributed by atoms with E-state index in [1.807, 2.05) is 13.0 Å². The highest BCUT2D eigenvalue weighted by Gasteiger charge is 2.16. The van der Waals surface area contributed by atoms with Crippen LogP contribution in [0.2, 0.25) is 0 Å². The third-order valence-corrected chi connectivity index (χ3v) is 3.48. The molecule has 0 aromatic heterocycles. The maximum atomic E-state index is 5.55. The van der Waals surface area contributed by atoms with E-state index in [0.717, 1.165) is 50.8 Å². The van der Waals surface area contributed by atoms with Gasteiger partial charge in [0.05, 0.1) is 6.61 Å². The molecule has 0 amide bonds. The van der Waals surface area contributed by atoms with Crippen molar-refractivity contribution in [2.24, 2.45) is 0 Å². The third-order valence-electron chi connectivity index (χ3n) is 3.28. The fraction of sp³-hybridized carbons (Fsp3) is 0.571. The lowest BCUT2D eigenvalue weighted by Crippen LogP contribution is -2.46. The molecule has 1 heterocycles. The highest BCUT2D eigenvalue weighted by molar-refractivity contribution is 7.80. The van der Waals surface area contributed by atoms with Gasteiger partial charge in [-0.25, -0.2) is 0 Å². The lowest BCUT2D eigenvalue weighted by molar-refractivity contribution is 0.273. The van der Waals surface area contributed by atoms with E-state index in [1.54, 1.807) is 0 Å². The van der Waals surface area contributed by atoms with Crippen molar-refractivity contribution in [3.8, 4) is 5.75 Å². The summed E-state index contributed by atoms with van der Waals surface area (Å²) in [7, 11) is 0. The Hall–Kier alpha value is -0.870. The molecule has 1 aliphatic rings. The lowest BCUT2D eigenvalue weighted by Gasteiger charge is -2.36. The second-order valence-electron chi connectivity index (χ2n) is 4.48. The number of thiol groups is 1. The molecule has 1 aromatic rings. The number of benzene rings is 1. The Morgan fingerprint density at radius 1 is 1.22 bits per heavy atom. The molecular weight excluding hydrogens is 244 g/mol. The zero-order chi connectivity index (χ0) is 12.8. The molecule has 4 heteroatoms. The van der Waals surface area contributed by atoms with Crippen LogP contribution in [-0.4, -0.2) is 50.0 Å². The van der Waals surface area contributed by atoms with Crippen LogP contribution in [0.5, 0.6) is 5.75 Å². The van der Waals surface area contributed by atoms with E-state index in [4.69, 9.17) is 4.74 Å². The summed E-state index contributed by atoms with van der Waals surface area (Å²) in [6.45, 7) is 8.25. The van der Waals surface area contributed by atoms with Crippen LogP contribution in [0.4, 0.5) is 5.69 Å². The average Bonchev–Trinajstić information content (AvgIpc) is 2.41. The van der Waals surface area contributed by atoms with Gasteiger partial charge in [0.2, 0.25) is 0 Å². The monoisotopic (exact) mass is 266 g/mol. The Kier molecular flexibility index (Phi) is 5.20. The molecule has 18 heavy (non-hydrogen) atoms. The molecule has 0 bridgehead atoms. The first-order valence-electron chi connectivity index (χ1n) is 6.64. The number of nitrogens with zero attached hydrogens (tertiary/aromatic N) is 2. The zero-order valence-electron chi connectivity index (χ0n) is 11.0. The Morgan fingerprint density at radius 3 is 2.67 bits per heavy atom. The van der Waals surface area contributed by atoms with Crippen molar-refractivity contribution in [1.82, 2.24) is 4.90 Å². The van der Waals surface area contributed by atoms with Crippen LogP contribution in [0.3, 0.4) is 0 Å². The van der Waals surface area contributed by atoms with E-state index in [1.165, 1.54) is 5.69 Å². The minimum Gasteiger partial charge on any atom is -0.494 e. The fourth-order valence-corrected chi connectivity index (χ4v) is 2.59. The van der Waals surface area contributed by atoms with Gasteiger partial charge in [-0.05, 0) is 19.1 Å². The number of hydrogen-bond donors (Lipinski definition) is 1. The van der Waals surface area contributed by atoms with Gasteiger partial charge >= 0.3 is 0 Å². The van der Waals surface area contributed by atoms with Crippen LogP contribution in [0, 0.1) is 0 Å². The summed E-state index contributed by atoms with van der Waals surface area (Å²) in [5.41, 5.74) is 1.27. The molecule has 0 atom stereocenters. The first kappa shape index (κ1) is 13.6. The molecule has 2 rings (SSSR count). The highest BCUT2D eigenvalue weighted by atomic mass is 32.1. The van der Waals surface area contributed by atoms with Gasteiger partial charge in [0.1, 0.15) is 5.75 Å². The van der Waals surface area contributed by atoms with Gasteiger partial charge in [0.25, 0.3) is 0 Å². The maximum Gasteiger partial charge on any atom is 0.121 e. The molecule has 0 unspecified atom stereocenters. The Balaban J connectivity index is 1.94. The first-order chi connectivity index (χ1) is 8.83. The summed E-state index contributed by atoms with van der Waals surface area (Å²) in [4.78, 5) is 4.90. The zero-order valence-corrected chi connectivity index (χ0v) is 11.9. The molecule has 1 aliphatic heterocycles. The Bertz CT molecular complexity index is 365. The van der Waals surface area contributed by atoms with Crippen LogP contribution in [-0.2, 0) is 0 Å². The van der Waals surface area contributed by atoms with Crippen molar-refractivity contribution in [3.63, 3.8) is 0 Å². The van der Waals surface area contributed by atoms with Gasteiger partial charge in [-0.3, -0.25) is 4.90 Å². The molecule has 100 valence electrons. The van der Waals surface area contributed by atoms with Gasteiger partial charge in [0.15, 0.2) is 0 Å². The van der Waals surface area contributed by atoms with E-state index < -0.39 is 0 Å². The van der Waals surface area contributed by atoms with Crippen LogP contribution in [0.25, 0.3) is 0 Å². The predicted molar refractivity (Wildman–Crippen MR) is 80.1 cm³/mol. The average molecular weight is 266 g/mol. The largest absolute Gasteiger partial charge is 0.494 e. The van der Waals surface area contributed by atoms with Gasteiger partial charge in [-0.2, -0.15) is 12.6 Å². The Morgan fingerprint density at radius 2 is 2.00 bits per heavy atom. The SMILES string of the molecule is CCOc1cccc(N2CCN(CCS)CC2)c1. The van der Waals surface area contributed by atoms with Crippen molar-refractivity contribution in [1.29, 1.82) is 0 Å². The molecule has 3 nitrogen and oxygen atoms in total. The van der Waals surface area contributed by atoms with Crippen LogP contribution >= 0.6 is 12.6 Å². The lowest BCUT2D eigenvalue weighted by atomic mass is 10.2. The molecule has 1 saturated heterocycles. The summed E-state index contributed by atoms with van der Waals surface area (Å²) < 4.78 is 5.55. The molecular formula is C14H22N2OS. The third kappa shape index (κ3) is 3.56. The van der Waals surface area contributed by atoms with E-state index >= 15 is 0 Å². The fourth-order valence-electron chi connectivity index (χ4n) is 2.31. The van der Waals surface area contributed by atoms with Gasteiger partial charge in [-0.1, -0.05) is 6.07 Å². The van der Waals surface area contributed by atoms with E-state index in [2.05, 4.69) is 40.6 Å². The van der Waals surface area contributed by atoms with E-state index in [9.17, 15) is 0 Å². The van der Waals surface area contributed by atoms with Crippen LogP contribution in [0.1, 0.15) is 6.92 Å². The van der Waals surface area contributed by atoms with Gasteiger partial charge in [0, 0.05) is 50.2 Å². The highest BCUT2D eigenvalue weighted by Crippen LogP contribution is 2.22. The minimum absolute atomic E-state index is 0.721. The smallest absolute Gasteiger partial charge is 0.121 e. The predicted octanol–water partition coefficient (Wildman–Crippen LogP) is 2.14. The number of piperazine rings is 1. The van der Waals surface area contributed by atoms with Crippen molar-refractivity contribution in [3.05, 3.63) is 24.3 Å². The van der Waals surface area contributed by atoms with E-state index in [-0.39, 0.29) is 0 Å². The molecule has 0 saturated carbocycles. The molecule has 0 spiro atoms. The molecule has 1 fully saturated rings. The quantitative estimate of drug-likeness (QED) is 0.822. The van der Waals surface area contributed by atoms with Crippen LogP contribution in [0.15, 0.2) is 24.3 Å². The topological polar surface area (TPSA) is 15.7 Å². The van der Waals surface area contributed by atoms with E-state index in [0.29, 0.717) is 0 Å². The van der Waals surface area contributed by atoms with Crippen LogP contribution < -0.4 is 9.64 Å². The standard InChI is InChI=1S/C14H22N2OS/c1-2-17-14-5-3-4-13(12-14)16-8-6-15(7-9-16)10-11-18/h3-5,12,18H,2,6-11H2,1H3. The van der Waals surface area contributed by atoms with Crippen molar-refractivity contribution in [2.75, 3.05) is 50.0 Å². The summed E-state index contributed by atoms with van der Waals surface area (Å²) in [5.74, 6) is 1.91. The summed E-state index contributed by atoms with van der Waals surface area (Å²) in [6.07, 6.45) is 0. The number of anilines is 1. The molecule has 0 N–H and O–H groups in total. The summed E-state index contributed by atoms with van der Waals surface area (Å²) >= 11 is 4.29. The number of hydrogen-bond acceptors (Lipinski definition) is 4. The van der Waals surface area contributed by atoms with Gasteiger partial charge in [-0.15, -0.1) is 0 Å². The minimum atomic E-state index is 0.721. The second-order valence-corrected chi connectivity index (χ2v) is 4.93. The Labute approximate surface area is 115 Å². The van der Waals surface area contributed by atoms with Crippen molar-refractivity contribution < 1.29 is 4.74 Å². The first-order valence-corrected chi connectivity index (χ1v) is 7.27. The molecule has 1 aromatic carbocycles. The second kappa shape index (κ2) is 6.90. The normalized spacial score (nSPS) is 16.9. The number of rotatable bonds is 5. The molecule has 0 aliphatic carbocycles. The molecule has 0 radical (unpaired) electrons. The summed E-state index contributed by atoms with van der Waals surface area (Å²) in [6, 6.07) is 8.39.